The van der Waals surface area contributed by atoms with Gasteiger partial charge < -0.3 is 0 Å². The lowest BCUT2D eigenvalue weighted by molar-refractivity contribution is 0.123. The summed E-state index contributed by atoms with van der Waals surface area (Å²) in [6.07, 6.45) is 0. The van der Waals surface area contributed by atoms with Crippen LogP contribution in [-0.4, -0.2) is 13.2 Å². The molecular weight excluding hydrogens is 176 g/mol. The summed E-state index contributed by atoms with van der Waals surface area (Å²) in [5.74, 6) is 0. The Morgan fingerprint density at radius 3 is 2.64 bits per heavy atom. The Hall–Kier alpha value is -1.53. The standard InChI is InChI=1S/C11H14N2O/c1-3-13(14-4-2)11-8-6-5-7-10(11)9-12/h5-8H,3-4H2,1-2H3. The van der Waals surface area contributed by atoms with Crippen LogP contribution in [0.5, 0.6) is 0 Å². The number of rotatable bonds is 4. The van der Waals surface area contributed by atoms with Crippen LogP contribution in [0, 0.1) is 11.3 Å². The number of benzene rings is 1. The average molecular weight is 190 g/mol. The number of hydrogen-bond acceptors (Lipinski definition) is 3. The molecule has 74 valence electrons. The van der Waals surface area contributed by atoms with Gasteiger partial charge in [0, 0.05) is 6.54 Å². The van der Waals surface area contributed by atoms with Crippen LogP contribution in [0.25, 0.3) is 0 Å². The third-order valence-corrected chi connectivity index (χ3v) is 1.87. The second-order valence-corrected chi connectivity index (χ2v) is 2.74. The van der Waals surface area contributed by atoms with E-state index in [2.05, 4.69) is 6.07 Å². The molecule has 0 N–H and O–H groups in total. The zero-order valence-electron chi connectivity index (χ0n) is 8.53. The minimum atomic E-state index is 0.605. The van der Waals surface area contributed by atoms with Crippen molar-refractivity contribution in [2.24, 2.45) is 0 Å². The fraction of sp³-hybridized carbons (Fsp3) is 0.364. The highest BCUT2D eigenvalue weighted by Gasteiger charge is 2.08. The van der Waals surface area contributed by atoms with Crippen molar-refractivity contribution in [3.63, 3.8) is 0 Å². The van der Waals surface area contributed by atoms with E-state index in [-0.39, 0.29) is 0 Å². The smallest absolute Gasteiger partial charge is 0.101 e. The van der Waals surface area contributed by atoms with Gasteiger partial charge in [0.1, 0.15) is 6.07 Å². The molecule has 14 heavy (non-hydrogen) atoms. The van der Waals surface area contributed by atoms with Gasteiger partial charge in [-0.05, 0) is 26.0 Å². The number of nitriles is 1. The number of para-hydroxylation sites is 1. The van der Waals surface area contributed by atoms with Gasteiger partial charge in [-0.2, -0.15) is 5.26 Å². The monoisotopic (exact) mass is 190 g/mol. The van der Waals surface area contributed by atoms with Crippen molar-refractivity contribution >= 4 is 5.69 Å². The third-order valence-electron chi connectivity index (χ3n) is 1.87. The highest BCUT2D eigenvalue weighted by atomic mass is 16.7. The van der Waals surface area contributed by atoms with Crippen LogP contribution >= 0.6 is 0 Å². The summed E-state index contributed by atoms with van der Waals surface area (Å²) >= 11 is 0. The summed E-state index contributed by atoms with van der Waals surface area (Å²) in [4.78, 5) is 5.40. The molecule has 3 nitrogen and oxygen atoms in total. The van der Waals surface area contributed by atoms with Gasteiger partial charge in [-0.25, -0.2) is 0 Å². The number of hydroxylamine groups is 1. The molecule has 0 aliphatic carbocycles. The van der Waals surface area contributed by atoms with Crippen molar-refractivity contribution in [1.82, 2.24) is 0 Å². The van der Waals surface area contributed by atoms with E-state index in [0.717, 1.165) is 12.2 Å². The zero-order chi connectivity index (χ0) is 10.4. The van der Waals surface area contributed by atoms with Gasteiger partial charge in [0.15, 0.2) is 0 Å². The molecule has 0 fully saturated rings. The molecule has 0 radical (unpaired) electrons. The number of nitrogens with zero attached hydrogens (tertiary/aromatic N) is 2. The van der Waals surface area contributed by atoms with Crippen molar-refractivity contribution in [1.29, 1.82) is 5.26 Å². The molecule has 1 aromatic rings. The Labute approximate surface area is 84.5 Å². The van der Waals surface area contributed by atoms with E-state index in [1.807, 2.05) is 32.0 Å². The maximum Gasteiger partial charge on any atom is 0.101 e. The summed E-state index contributed by atoms with van der Waals surface area (Å²) in [5, 5.41) is 10.6. The van der Waals surface area contributed by atoms with E-state index in [0.29, 0.717) is 12.2 Å². The van der Waals surface area contributed by atoms with Gasteiger partial charge >= 0.3 is 0 Å². The SMILES string of the molecule is CCON(CC)c1ccccc1C#N. The van der Waals surface area contributed by atoms with E-state index in [9.17, 15) is 0 Å². The molecule has 1 aromatic carbocycles. The summed E-state index contributed by atoms with van der Waals surface area (Å²) in [5.41, 5.74) is 1.47. The first kappa shape index (κ1) is 10.6. The molecule has 0 aliphatic heterocycles. The lowest BCUT2D eigenvalue weighted by Crippen LogP contribution is -2.23. The lowest BCUT2D eigenvalue weighted by Gasteiger charge is -2.22. The molecule has 0 spiro atoms. The number of anilines is 1. The van der Waals surface area contributed by atoms with Crippen LogP contribution in [0.2, 0.25) is 0 Å². The first-order valence-electron chi connectivity index (χ1n) is 4.73. The van der Waals surface area contributed by atoms with E-state index >= 15 is 0 Å². The maximum atomic E-state index is 8.90. The molecule has 0 atom stereocenters. The second-order valence-electron chi connectivity index (χ2n) is 2.74. The first-order valence-corrected chi connectivity index (χ1v) is 4.73. The molecule has 0 aliphatic rings. The van der Waals surface area contributed by atoms with Gasteiger partial charge in [-0.15, -0.1) is 0 Å². The summed E-state index contributed by atoms with van der Waals surface area (Å²) in [6, 6.07) is 9.57. The minimum Gasteiger partial charge on any atom is -0.274 e. The Balaban J connectivity index is 2.97. The molecule has 0 saturated carbocycles. The Morgan fingerprint density at radius 2 is 2.07 bits per heavy atom. The normalized spacial score (nSPS) is 9.50. The van der Waals surface area contributed by atoms with Crippen molar-refractivity contribution in [3.8, 4) is 6.07 Å². The molecule has 3 heteroatoms. The minimum absolute atomic E-state index is 0.605. The van der Waals surface area contributed by atoms with Gasteiger partial charge in [0.05, 0.1) is 17.9 Å². The third kappa shape index (κ3) is 2.24. The van der Waals surface area contributed by atoms with Crippen LogP contribution in [-0.2, 0) is 4.84 Å². The van der Waals surface area contributed by atoms with Crippen LogP contribution in [0.4, 0.5) is 5.69 Å². The van der Waals surface area contributed by atoms with Gasteiger partial charge in [0.2, 0.25) is 0 Å². The predicted octanol–water partition coefficient (Wildman–Crippen LogP) is 2.34. The first-order chi connectivity index (χ1) is 6.83. The summed E-state index contributed by atoms with van der Waals surface area (Å²) < 4.78 is 0. The molecule has 0 bridgehead atoms. The second kappa shape index (κ2) is 5.25. The van der Waals surface area contributed by atoms with Crippen molar-refractivity contribution in [3.05, 3.63) is 29.8 Å². The predicted molar refractivity (Wildman–Crippen MR) is 55.8 cm³/mol. The summed E-state index contributed by atoms with van der Waals surface area (Å²) in [7, 11) is 0. The van der Waals surface area contributed by atoms with Crippen LogP contribution in [0.1, 0.15) is 19.4 Å². The Morgan fingerprint density at radius 1 is 1.36 bits per heavy atom. The van der Waals surface area contributed by atoms with Crippen LogP contribution < -0.4 is 5.06 Å². The molecule has 0 saturated heterocycles. The maximum absolute atomic E-state index is 8.90. The zero-order valence-corrected chi connectivity index (χ0v) is 8.53. The Kier molecular flexibility index (Phi) is 3.96. The highest BCUT2D eigenvalue weighted by Crippen LogP contribution is 2.19. The van der Waals surface area contributed by atoms with Gasteiger partial charge in [0.25, 0.3) is 0 Å². The van der Waals surface area contributed by atoms with E-state index in [1.165, 1.54) is 0 Å². The topological polar surface area (TPSA) is 36.3 Å². The molecule has 1 rings (SSSR count). The Bertz CT molecular complexity index is 330. The van der Waals surface area contributed by atoms with Gasteiger partial charge in [-0.1, -0.05) is 12.1 Å². The van der Waals surface area contributed by atoms with Crippen molar-refractivity contribution < 1.29 is 4.84 Å². The van der Waals surface area contributed by atoms with Gasteiger partial charge in [-0.3, -0.25) is 9.90 Å². The van der Waals surface area contributed by atoms with Crippen molar-refractivity contribution in [2.45, 2.75) is 13.8 Å². The number of hydrogen-bond donors (Lipinski definition) is 0. The van der Waals surface area contributed by atoms with Crippen molar-refractivity contribution in [2.75, 3.05) is 18.2 Å². The molecule has 0 unspecified atom stereocenters. The molecular formula is C11H14N2O. The summed E-state index contributed by atoms with van der Waals surface area (Å²) in [6.45, 7) is 5.25. The quantitative estimate of drug-likeness (QED) is 0.684. The van der Waals surface area contributed by atoms with E-state index in [1.54, 1.807) is 11.1 Å². The van der Waals surface area contributed by atoms with E-state index < -0.39 is 0 Å². The fourth-order valence-electron chi connectivity index (χ4n) is 1.27. The highest BCUT2D eigenvalue weighted by molar-refractivity contribution is 5.57. The fourth-order valence-corrected chi connectivity index (χ4v) is 1.27. The molecule has 0 aromatic heterocycles. The average Bonchev–Trinajstić information content (AvgIpc) is 2.26. The van der Waals surface area contributed by atoms with Crippen LogP contribution in [0.15, 0.2) is 24.3 Å². The van der Waals surface area contributed by atoms with E-state index in [4.69, 9.17) is 10.1 Å². The largest absolute Gasteiger partial charge is 0.274 e. The lowest BCUT2D eigenvalue weighted by atomic mass is 10.2. The molecule has 0 heterocycles. The molecule has 0 amide bonds. The van der Waals surface area contributed by atoms with Crippen LogP contribution in [0.3, 0.4) is 0 Å².